The molecule has 0 unspecified atom stereocenters. The zero-order valence-corrected chi connectivity index (χ0v) is 20.0. The van der Waals surface area contributed by atoms with Crippen LogP contribution < -0.4 is 19.1 Å². The maximum atomic E-state index is 13.3. The maximum Gasteiger partial charge on any atom is 0.264 e. The first kappa shape index (κ1) is 24.7. The molecule has 0 atom stereocenters. The third-order valence-corrected chi connectivity index (χ3v) is 6.73. The maximum absolute atomic E-state index is 13.3. The zero-order chi connectivity index (χ0) is 23.8. The number of sulfonamides is 1. The number of methoxy groups -OCH3 is 1. The molecule has 0 radical (unpaired) electrons. The Morgan fingerprint density at radius 1 is 0.939 bits per heavy atom. The normalized spacial score (nSPS) is 11.0. The van der Waals surface area contributed by atoms with Crippen molar-refractivity contribution in [2.24, 2.45) is 0 Å². The predicted molar refractivity (Wildman–Crippen MR) is 129 cm³/mol. The molecule has 0 aliphatic carbocycles. The van der Waals surface area contributed by atoms with Gasteiger partial charge in [-0.15, -0.1) is 0 Å². The Morgan fingerprint density at radius 3 is 2.18 bits per heavy atom. The molecule has 0 saturated heterocycles. The molecule has 0 aliphatic rings. The molecule has 0 aromatic heterocycles. The summed E-state index contributed by atoms with van der Waals surface area (Å²) >= 11 is 12.2. The fourth-order valence-electron chi connectivity index (χ4n) is 2.99. The predicted octanol–water partition coefficient (Wildman–Crippen LogP) is 4.39. The van der Waals surface area contributed by atoms with E-state index in [1.54, 1.807) is 36.4 Å². The Balaban J connectivity index is 1.72. The molecule has 0 spiro atoms. The van der Waals surface area contributed by atoms with Gasteiger partial charge in [0.1, 0.15) is 13.2 Å². The molecule has 10 heteroatoms. The number of rotatable bonds is 10. The van der Waals surface area contributed by atoms with Crippen LogP contribution in [0.4, 0.5) is 5.69 Å². The molecule has 0 fully saturated rings. The average molecular weight is 509 g/mol. The van der Waals surface area contributed by atoms with E-state index in [2.05, 4.69) is 5.32 Å². The number of amides is 1. The van der Waals surface area contributed by atoms with Crippen LogP contribution in [0.15, 0.2) is 77.7 Å². The topological polar surface area (TPSA) is 84.9 Å². The van der Waals surface area contributed by atoms with Gasteiger partial charge in [0.05, 0.1) is 24.2 Å². The Hall–Kier alpha value is -2.94. The molecule has 33 heavy (non-hydrogen) atoms. The first-order valence-corrected chi connectivity index (χ1v) is 12.1. The van der Waals surface area contributed by atoms with Crippen LogP contribution in [-0.2, 0) is 14.8 Å². The highest BCUT2D eigenvalue weighted by Crippen LogP contribution is 2.29. The van der Waals surface area contributed by atoms with Gasteiger partial charge in [-0.2, -0.15) is 0 Å². The largest absolute Gasteiger partial charge is 0.493 e. The van der Waals surface area contributed by atoms with E-state index in [4.69, 9.17) is 32.7 Å². The monoisotopic (exact) mass is 508 g/mol. The van der Waals surface area contributed by atoms with Gasteiger partial charge in [-0.1, -0.05) is 53.5 Å². The number of ether oxygens (including phenoxy) is 2. The Kier molecular flexibility index (Phi) is 8.43. The first-order valence-electron chi connectivity index (χ1n) is 9.87. The second kappa shape index (κ2) is 11.3. The van der Waals surface area contributed by atoms with Crippen molar-refractivity contribution in [3.8, 4) is 11.5 Å². The number of halogens is 2. The lowest BCUT2D eigenvalue weighted by Gasteiger charge is -2.24. The number of carbonyl (C=O) groups excluding carboxylic acids is 1. The highest BCUT2D eigenvalue weighted by atomic mass is 35.5. The number of benzene rings is 3. The van der Waals surface area contributed by atoms with Gasteiger partial charge >= 0.3 is 0 Å². The third kappa shape index (κ3) is 6.54. The van der Waals surface area contributed by atoms with Crippen molar-refractivity contribution in [1.29, 1.82) is 0 Å². The van der Waals surface area contributed by atoms with Crippen molar-refractivity contribution in [2.75, 3.05) is 31.1 Å². The molecule has 3 aromatic rings. The molecule has 0 heterocycles. The molecule has 0 saturated carbocycles. The van der Waals surface area contributed by atoms with Gasteiger partial charge in [0.15, 0.2) is 11.5 Å². The summed E-state index contributed by atoms with van der Waals surface area (Å²) in [5.41, 5.74) is 0.178. The van der Waals surface area contributed by atoms with Gasteiger partial charge in [0.2, 0.25) is 5.91 Å². The van der Waals surface area contributed by atoms with E-state index >= 15 is 0 Å². The van der Waals surface area contributed by atoms with Crippen LogP contribution in [-0.4, -0.2) is 41.1 Å². The fraction of sp³-hybridized carbons (Fsp3) is 0.174. The molecular weight excluding hydrogens is 487 g/mol. The number of nitrogens with one attached hydrogen (secondary N) is 1. The smallest absolute Gasteiger partial charge is 0.264 e. The molecular formula is C23H22Cl2N2O5S. The summed E-state index contributed by atoms with van der Waals surface area (Å²) in [6, 6.07) is 19.3. The lowest BCUT2D eigenvalue weighted by molar-refractivity contribution is -0.119. The van der Waals surface area contributed by atoms with Crippen molar-refractivity contribution in [2.45, 2.75) is 4.90 Å². The minimum Gasteiger partial charge on any atom is -0.493 e. The summed E-state index contributed by atoms with van der Waals surface area (Å²) in [5, 5.41) is 3.16. The van der Waals surface area contributed by atoms with E-state index in [0.29, 0.717) is 11.5 Å². The van der Waals surface area contributed by atoms with E-state index in [9.17, 15) is 13.2 Å². The summed E-state index contributed by atoms with van der Waals surface area (Å²) in [6.45, 7) is -0.143. The highest BCUT2D eigenvalue weighted by molar-refractivity contribution is 7.92. The lowest BCUT2D eigenvalue weighted by Crippen LogP contribution is -2.42. The van der Waals surface area contributed by atoms with Crippen LogP contribution in [0.5, 0.6) is 11.5 Å². The summed E-state index contributed by atoms with van der Waals surface area (Å²) in [5.74, 6) is 0.590. The second-order valence-electron chi connectivity index (χ2n) is 6.80. The molecule has 174 valence electrons. The molecule has 1 N–H and O–H groups in total. The number of nitrogens with zero attached hydrogens (tertiary/aromatic N) is 1. The average Bonchev–Trinajstić information content (AvgIpc) is 2.80. The minimum atomic E-state index is -4.06. The van der Waals surface area contributed by atoms with E-state index in [0.717, 1.165) is 4.31 Å². The minimum absolute atomic E-state index is 0.0356. The number of hydrogen-bond donors (Lipinski definition) is 1. The molecule has 0 bridgehead atoms. The van der Waals surface area contributed by atoms with E-state index in [1.807, 2.05) is 6.07 Å². The Labute approximate surface area is 202 Å². The second-order valence-corrected chi connectivity index (χ2v) is 9.54. The van der Waals surface area contributed by atoms with E-state index in [-0.39, 0.29) is 33.8 Å². The fourth-order valence-corrected chi connectivity index (χ4v) is 4.93. The number of hydrogen-bond acceptors (Lipinski definition) is 5. The van der Waals surface area contributed by atoms with Crippen molar-refractivity contribution in [3.05, 3.63) is 82.8 Å². The van der Waals surface area contributed by atoms with Crippen molar-refractivity contribution in [1.82, 2.24) is 5.32 Å². The van der Waals surface area contributed by atoms with Gasteiger partial charge in [-0.25, -0.2) is 8.42 Å². The molecule has 0 aliphatic heterocycles. The molecule has 3 rings (SSSR count). The molecule has 7 nitrogen and oxygen atoms in total. The van der Waals surface area contributed by atoms with Crippen LogP contribution >= 0.6 is 23.2 Å². The lowest BCUT2D eigenvalue weighted by atomic mass is 10.3. The SMILES string of the molecule is COc1ccccc1OCCNC(=O)CN(c1cc(Cl)cc(Cl)c1)S(=O)(=O)c1ccccc1. The quantitative estimate of drug-likeness (QED) is 0.410. The van der Waals surface area contributed by atoms with Crippen LogP contribution in [0.25, 0.3) is 0 Å². The van der Waals surface area contributed by atoms with Gasteiger partial charge in [0, 0.05) is 10.0 Å². The van der Waals surface area contributed by atoms with E-state index < -0.39 is 22.5 Å². The number of carbonyl (C=O) groups is 1. The summed E-state index contributed by atoms with van der Waals surface area (Å²) in [4.78, 5) is 12.7. The van der Waals surface area contributed by atoms with Gasteiger partial charge in [-0.05, 0) is 42.5 Å². The number of anilines is 1. The summed E-state index contributed by atoms with van der Waals surface area (Å²) in [6.07, 6.45) is 0. The Bertz CT molecular complexity index is 1190. The van der Waals surface area contributed by atoms with Crippen LogP contribution in [0, 0.1) is 0 Å². The van der Waals surface area contributed by atoms with Crippen molar-refractivity contribution < 1.29 is 22.7 Å². The van der Waals surface area contributed by atoms with Gasteiger partial charge < -0.3 is 14.8 Å². The van der Waals surface area contributed by atoms with Gasteiger partial charge in [0.25, 0.3) is 10.0 Å². The van der Waals surface area contributed by atoms with E-state index in [1.165, 1.54) is 37.4 Å². The summed E-state index contributed by atoms with van der Waals surface area (Å²) in [7, 11) is -2.52. The standard InChI is InChI=1S/C23H22Cl2N2O5S/c1-31-21-9-5-6-10-22(21)32-12-11-26-23(28)16-27(19-14-17(24)13-18(25)15-19)33(29,30)20-7-3-2-4-8-20/h2-10,13-15H,11-12,16H2,1H3,(H,26,28). The number of para-hydroxylation sites is 2. The molecule has 1 amide bonds. The summed E-state index contributed by atoms with van der Waals surface area (Å²) < 4.78 is 38.4. The third-order valence-electron chi connectivity index (χ3n) is 4.50. The van der Waals surface area contributed by atoms with Crippen molar-refractivity contribution >= 4 is 44.8 Å². The van der Waals surface area contributed by atoms with Gasteiger partial charge in [-0.3, -0.25) is 9.10 Å². The highest BCUT2D eigenvalue weighted by Gasteiger charge is 2.27. The first-order chi connectivity index (χ1) is 15.8. The van der Waals surface area contributed by atoms with Crippen LogP contribution in [0.2, 0.25) is 10.0 Å². The van der Waals surface area contributed by atoms with Crippen LogP contribution in [0.1, 0.15) is 0 Å². The van der Waals surface area contributed by atoms with Crippen molar-refractivity contribution in [3.63, 3.8) is 0 Å². The zero-order valence-electron chi connectivity index (χ0n) is 17.7. The Morgan fingerprint density at radius 2 is 1.55 bits per heavy atom. The molecule has 3 aromatic carbocycles. The van der Waals surface area contributed by atoms with Crippen LogP contribution in [0.3, 0.4) is 0 Å².